The third kappa shape index (κ3) is 2.15. The van der Waals surface area contributed by atoms with Crippen LogP contribution in [0.4, 0.5) is 11.8 Å². The summed E-state index contributed by atoms with van der Waals surface area (Å²) in [5.41, 5.74) is 5.83. The van der Waals surface area contributed by atoms with Gasteiger partial charge in [0.15, 0.2) is 0 Å². The lowest BCUT2D eigenvalue weighted by molar-refractivity contribution is 0.266. The van der Waals surface area contributed by atoms with Crippen molar-refractivity contribution in [3.63, 3.8) is 0 Å². The molecule has 1 saturated heterocycles. The first kappa shape index (κ1) is 12.6. The fraction of sp³-hybridized carbons (Fsp3) is 0.538. The predicted octanol–water partition coefficient (Wildman–Crippen LogP) is 1.66. The molecular weight excluding hydrogens is 258 g/mol. The van der Waals surface area contributed by atoms with Crippen molar-refractivity contribution in [2.24, 2.45) is 5.92 Å². The van der Waals surface area contributed by atoms with Crippen molar-refractivity contribution in [3.8, 4) is 0 Å². The van der Waals surface area contributed by atoms with Gasteiger partial charge in [0.2, 0.25) is 5.95 Å². The van der Waals surface area contributed by atoms with E-state index in [1.807, 2.05) is 5.38 Å². The molecule has 2 N–H and O–H groups in total. The van der Waals surface area contributed by atoms with Crippen LogP contribution < -0.4 is 10.6 Å². The molecule has 0 radical (unpaired) electrons. The Morgan fingerprint density at radius 3 is 2.84 bits per heavy atom. The average molecular weight is 277 g/mol. The SMILES string of the molecule is CC1CN(c2nc(N)nc3sccc23)CC1N(C)C. The maximum atomic E-state index is 5.83. The van der Waals surface area contributed by atoms with Gasteiger partial charge in [0.05, 0.1) is 5.39 Å². The molecule has 2 atom stereocenters. The van der Waals surface area contributed by atoms with Crippen LogP contribution in [0.3, 0.4) is 0 Å². The summed E-state index contributed by atoms with van der Waals surface area (Å²) < 4.78 is 0. The molecule has 0 bridgehead atoms. The number of hydrogen-bond acceptors (Lipinski definition) is 6. The highest BCUT2D eigenvalue weighted by atomic mass is 32.1. The fourth-order valence-corrected chi connectivity index (χ4v) is 3.66. The minimum absolute atomic E-state index is 0.367. The van der Waals surface area contributed by atoms with Gasteiger partial charge < -0.3 is 15.5 Å². The largest absolute Gasteiger partial charge is 0.368 e. The van der Waals surface area contributed by atoms with Gasteiger partial charge in [0.1, 0.15) is 10.6 Å². The van der Waals surface area contributed by atoms with Crippen molar-refractivity contribution in [1.82, 2.24) is 14.9 Å². The molecule has 102 valence electrons. The lowest BCUT2D eigenvalue weighted by atomic mass is 10.1. The van der Waals surface area contributed by atoms with Gasteiger partial charge in [-0.3, -0.25) is 0 Å². The second-order valence-corrected chi connectivity index (χ2v) is 6.35. The third-order valence-electron chi connectivity index (χ3n) is 3.86. The normalized spacial score (nSPS) is 23.7. The molecule has 2 aromatic heterocycles. The monoisotopic (exact) mass is 277 g/mol. The molecule has 0 aromatic carbocycles. The molecule has 0 amide bonds. The van der Waals surface area contributed by atoms with Crippen molar-refractivity contribution in [3.05, 3.63) is 11.4 Å². The van der Waals surface area contributed by atoms with Gasteiger partial charge in [-0.1, -0.05) is 6.92 Å². The van der Waals surface area contributed by atoms with Gasteiger partial charge in [0.25, 0.3) is 0 Å². The van der Waals surface area contributed by atoms with Crippen molar-refractivity contribution in [1.29, 1.82) is 0 Å². The van der Waals surface area contributed by atoms with E-state index in [-0.39, 0.29) is 0 Å². The minimum atomic E-state index is 0.367. The fourth-order valence-electron chi connectivity index (χ4n) is 2.89. The summed E-state index contributed by atoms with van der Waals surface area (Å²) in [4.78, 5) is 14.4. The van der Waals surface area contributed by atoms with Crippen LogP contribution in [0.25, 0.3) is 10.2 Å². The number of nitrogen functional groups attached to an aromatic ring is 1. The summed E-state index contributed by atoms with van der Waals surface area (Å²) in [6.45, 7) is 4.31. The summed E-state index contributed by atoms with van der Waals surface area (Å²) in [5.74, 6) is 1.98. The van der Waals surface area contributed by atoms with E-state index in [4.69, 9.17) is 5.73 Å². The molecule has 0 aliphatic carbocycles. The maximum Gasteiger partial charge on any atom is 0.223 e. The van der Waals surface area contributed by atoms with Gasteiger partial charge in [-0.2, -0.15) is 4.98 Å². The number of likely N-dealkylation sites (N-methyl/N-ethyl adjacent to an activating group) is 1. The van der Waals surface area contributed by atoms with Gasteiger partial charge >= 0.3 is 0 Å². The Labute approximate surface area is 117 Å². The highest BCUT2D eigenvalue weighted by molar-refractivity contribution is 7.16. The molecule has 1 aliphatic rings. The molecular formula is C13H19N5S. The first-order chi connectivity index (χ1) is 9.06. The smallest absolute Gasteiger partial charge is 0.223 e. The van der Waals surface area contributed by atoms with Crippen LogP contribution >= 0.6 is 11.3 Å². The first-order valence-corrected chi connectivity index (χ1v) is 7.36. The standard InChI is InChI=1S/C13H19N5S/c1-8-6-18(7-10(8)17(2)3)11-9-4-5-19-12(9)16-13(14)15-11/h4-5,8,10H,6-7H2,1-3H3,(H2,14,15,16). The summed E-state index contributed by atoms with van der Waals surface area (Å²) in [7, 11) is 4.28. The number of thiophene rings is 1. The molecule has 5 nitrogen and oxygen atoms in total. The van der Waals surface area contributed by atoms with E-state index in [1.54, 1.807) is 11.3 Å². The molecule has 6 heteroatoms. The van der Waals surface area contributed by atoms with E-state index in [2.05, 4.69) is 46.9 Å². The highest BCUT2D eigenvalue weighted by Crippen LogP contribution is 2.32. The van der Waals surface area contributed by atoms with E-state index in [0.717, 1.165) is 29.1 Å². The molecule has 1 aliphatic heterocycles. The summed E-state index contributed by atoms with van der Waals surface area (Å²) in [6, 6.07) is 2.65. The van der Waals surface area contributed by atoms with Crippen LogP contribution in [0.15, 0.2) is 11.4 Å². The summed E-state index contributed by atoms with van der Waals surface area (Å²) in [5, 5.41) is 3.16. The van der Waals surface area contributed by atoms with Gasteiger partial charge in [-0.25, -0.2) is 4.98 Å². The zero-order valence-corrected chi connectivity index (χ0v) is 12.3. The Hall–Kier alpha value is -1.40. The van der Waals surface area contributed by atoms with E-state index in [1.165, 1.54) is 0 Å². The van der Waals surface area contributed by atoms with Crippen LogP contribution in [0, 0.1) is 5.92 Å². The van der Waals surface area contributed by atoms with E-state index in [0.29, 0.717) is 17.9 Å². The molecule has 2 aromatic rings. The molecule has 0 saturated carbocycles. The topological polar surface area (TPSA) is 58.3 Å². The van der Waals surface area contributed by atoms with Crippen LogP contribution in [-0.4, -0.2) is 48.1 Å². The first-order valence-electron chi connectivity index (χ1n) is 6.48. The van der Waals surface area contributed by atoms with Crippen molar-refractivity contribution >= 4 is 33.3 Å². The lowest BCUT2D eigenvalue weighted by Gasteiger charge is -2.22. The minimum Gasteiger partial charge on any atom is -0.368 e. The molecule has 3 heterocycles. The quantitative estimate of drug-likeness (QED) is 0.904. The van der Waals surface area contributed by atoms with E-state index in [9.17, 15) is 0 Å². The van der Waals surface area contributed by atoms with E-state index < -0.39 is 0 Å². The Bertz CT molecular complexity index is 594. The van der Waals surface area contributed by atoms with Crippen LogP contribution in [-0.2, 0) is 0 Å². The zero-order valence-electron chi connectivity index (χ0n) is 11.5. The number of hydrogen-bond donors (Lipinski definition) is 1. The number of anilines is 2. The van der Waals surface area contributed by atoms with Crippen LogP contribution in [0.2, 0.25) is 0 Å². The average Bonchev–Trinajstić information content (AvgIpc) is 2.93. The van der Waals surface area contributed by atoms with Crippen molar-refractivity contribution < 1.29 is 0 Å². The number of fused-ring (bicyclic) bond motifs is 1. The second kappa shape index (κ2) is 4.61. The van der Waals surface area contributed by atoms with Gasteiger partial charge in [0, 0.05) is 19.1 Å². The summed E-state index contributed by atoms with van der Waals surface area (Å²) >= 11 is 1.61. The number of nitrogens with zero attached hydrogens (tertiary/aromatic N) is 4. The van der Waals surface area contributed by atoms with Crippen LogP contribution in [0.5, 0.6) is 0 Å². The summed E-state index contributed by atoms with van der Waals surface area (Å²) in [6.07, 6.45) is 0. The van der Waals surface area contributed by atoms with Crippen molar-refractivity contribution in [2.75, 3.05) is 37.8 Å². The number of nitrogens with two attached hydrogens (primary N) is 1. The molecule has 1 fully saturated rings. The Kier molecular flexibility index (Phi) is 3.06. The predicted molar refractivity (Wildman–Crippen MR) is 80.7 cm³/mol. The number of rotatable bonds is 2. The second-order valence-electron chi connectivity index (χ2n) is 5.46. The van der Waals surface area contributed by atoms with Gasteiger partial charge in [-0.15, -0.1) is 11.3 Å². The van der Waals surface area contributed by atoms with Crippen molar-refractivity contribution in [2.45, 2.75) is 13.0 Å². The van der Waals surface area contributed by atoms with E-state index >= 15 is 0 Å². The number of aromatic nitrogens is 2. The van der Waals surface area contributed by atoms with Crippen LogP contribution in [0.1, 0.15) is 6.92 Å². The maximum absolute atomic E-state index is 5.83. The molecule has 3 rings (SSSR count). The van der Waals surface area contributed by atoms with Gasteiger partial charge in [-0.05, 0) is 31.5 Å². The lowest BCUT2D eigenvalue weighted by Crippen LogP contribution is -2.34. The zero-order chi connectivity index (χ0) is 13.6. The third-order valence-corrected chi connectivity index (χ3v) is 4.66. The Morgan fingerprint density at radius 2 is 2.16 bits per heavy atom. The molecule has 2 unspecified atom stereocenters. The highest BCUT2D eigenvalue weighted by Gasteiger charge is 2.32. The Balaban J connectivity index is 1.99. The Morgan fingerprint density at radius 1 is 1.37 bits per heavy atom. The molecule has 19 heavy (non-hydrogen) atoms. The molecule has 0 spiro atoms.